The number of carbonyl (C=O) groups excluding carboxylic acids is 2. The van der Waals surface area contributed by atoms with Crippen molar-refractivity contribution in [3.63, 3.8) is 0 Å². The van der Waals surface area contributed by atoms with Crippen LogP contribution in [0.1, 0.15) is 51.0 Å². The van der Waals surface area contributed by atoms with Gasteiger partial charge in [-0.15, -0.1) is 0 Å². The van der Waals surface area contributed by atoms with Crippen LogP contribution in [-0.4, -0.2) is 64.2 Å². The molecule has 1 atom stereocenters. The third-order valence-electron chi connectivity index (χ3n) is 6.91. The number of carbonyl (C=O) groups is 2. The fraction of sp³-hybridized carbons (Fsp3) is 0.500. The number of hydrogen-bond acceptors (Lipinski definition) is 6. The second-order valence-electron chi connectivity index (χ2n) is 9.73. The molecule has 0 heterocycles. The number of methoxy groups -OCH3 is 2. The Bertz CT molecular complexity index is 1250. The normalized spacial score (nSPS) is 14.8. The molecule has 2 amide bonds. The summed E-state index contributed by atoms with van der Waals surface area (Å²) < 4.78 is 37.5. The highest BCUT2D eigenvalue weighted by atomic mass is 35.5. The number of nitrogens with zero attached hydrogens (tertiary/aromatic N) is 2. The summed E-state index contributed by atoms with van der Waals surface area (Å²) in [6.45, 7) is 1.40. The quantitative estimate of drug-likeness (QED) is 0.400. The van der Waals surface area contributed by atoms with E-state index in [4.69, 9.17) is 21.1 Å². The molecule has 1 fully saturated rings. The molecule has 0 aromatic heterocycles. The number of hydrogen-bond donors (Lipinski definition) is 1. The lowest BCUT2D eigenvalue weighted by atomic mass is 9.95. The minimum absolute atomic E-state index is 0.0670. The molecule has 3 rings (SSSR count). The summed E-state index contributed by atoms with van der Waals surface area (Å²) in [5.41, 5.74) is 0.889. The van der Waals surface area contributed by atoms with Gasteiger partial charge in [-0.05, 0) is 55.2 Å². The summed E-state index contributed by atoms with van der Waals surface area (Å²) in [4.78, 5) is 28.9. The van der Waals surface area contributed by atoms with Crippen LogP contribution in [0.15, 0.2) is 42.5 Å². The van der Waals surface area contributed by atoms with Gasteiger partial charge in [-0.1, -0.05) is 49.9 Å². The van der Waals surface area contributed by atoms with Crippen LogP contribution in [0.4, 0.5) is 5.69 Å². The average molecular weight is 580 g/mol. The molecule has 9 nitrogen and oxygen atoms in total. The van der Waals surface area contributed by atoms with E-state index in [-0.39, 0.29) is 29.9 Å². The Morgan fingerprint density at radius 2 is 1.79 bits per heavy atom. The molecule has 0 radical (unpaired) electrons. The van der Waals surface area contributed by atoms with Crippen LogP contribution in [-0.2, 0) is 26.2 Å². The zero-order valence-electron chi connectivity index (χ0n) is 23.0. The molecule has 0 spiro atoms. The number of halogens is 1. The summed E-state index contributed by atoms with van der Waals surface area (Å²) in [5, 5.41) is 3.42. The van der Waals surface area contributed by atoms with Gasteiger partial charge in [0.2, 0.25) is 21.8 Å². The maximum absolute atomic E-state index is 13.9. The maximum atomic E-state index is 13.9. The summed E-state index contributed by atoms with van der Waals surface area (Å²) in [6.07, 6.45) is 6.44. The predicted molar refractivity (Wildman–Crippen MR) is 153 cm³/mol. The van der Waals surface area contributed by atoms with Gasteiger partial charge in [0.1, 0.15) is 24.1 Å². The van der Waals surface area contributed by atoms with Crippen molar-refractivity contribution < 1.29 is 27.5 Å². The highest BCUT2D eigenvalue weighted by Gasteiger charge is 2.33. The molecule has 0 unspecified atom stereocenters. The molecule has 39 heavy (non-hydrogen) atoms. The van der Waals surface area contributed by atoms with Crippen molar-refractivity contribution >= 4 is 39.1 Å². The number of sulfonamides is 1. The molecule has 0 aliphatic heterocycles. The third kappa shape index (κ3) is 8.25. The van der Waals surface area contributed by atoms with Gasteiger partial charge in [0.25, 0.3) is 0 Å². The predicted octanol–water partition coefficient (Wildman–Crippen LogP) is 4.38. The molecule has 1 aliphatic carbocycles. The number of anilines is 1. The van der Waals surface area contributed by atoms with Crippen molar-refractivity contribution in [3.05, 3.63) is 53.1 Å². The zero-order valence-corrected chi connectivity index (χ0v) is 24.6. The zero-order chi connectivity index (χ0) is 28.6. The largest absolute Gasteiger partial charge is 0.497 e. The highest BCUT2D eigenvalue weighted by Crippen LogP contribution is 2.33. The van der Waals surface area contributed by atoms with Gasteiger partial charge in [-0.2, -0.15) is 0 Å². The first-order valence-corrected chi connectivity index (χ1v) is 15.3. The van der Waals surface area contributed by atoms with Crippen LogP contribution in [0.2, 0.25) is 5.02 Å². The van der Waals surface area contributed by atoms with Gasteiger partial charge in [0.15, 0.2) is 0 Å². The standard InChI is InChI=1S/C28H38ClN3O6S/c1-5-24(28(34)30-22-11-7-6-8-12-22)31(18-20-10-9-13-23(16-20)37-2)27(33)19-32(39(4,35)36)25-17-21(29)14-15-26(25)38-3/h9-10,13-17,22,24H,5-8,11-12,18-19H2,1-4H3,(H,30,34)/t24-/m1/s1. The Labute approximate surface area is 236 Å². The van der Waals surface area contributed by atoms with Crippen molar-refractivity contribution in [3.8, 4) is 11.5 Å². The topological polar surface area (TPSA) is 105 Å². The molecule has 11 heteroatoms. The Morgan fingerprint density at radius 1 is 1.08 bits per heavy atom. The molecule has 1 N–H and O–H groups in total. The molecule has 1 aliphatic rings. The molecule has 0 bridgehead atoms. The van der Waals surface area contributed by atoms with Crippen molar-refractivity contribution in [2.75, 3.05) is 31.3 Å². The number of benzene rings is 2. The van der Waals surface area contributed by atoms with E-state index in [1.54, 1.807) is 37.4 Å². The third-order valence-corrected chi connectivity index (χ3v) is 8.27. The van der Waals surface area contributed by atoms with E-state index in [0.29, 0.717) is 17.2 Å². The fourth-order valence-corrected chi connectivity index (χ4v) is 5.90. The number of ether oxygens (including phenoxy) is 2. The van der Waals surface area contributed by atoms with Gasteiger partial charge < -0.3 is 19.7 Å². The smallest absolute Gasteiger partial charge is 0.244 e. The molecule has 0 saturated heterocycles. The SMILES string of the molecule is CC[C@H](C(=O)NC1CCCCC1)N(Cc1cccc(OC)c1)C(=O)CN(c1cc(Cl)ccc1OC)S(C)(=O)=O. The number of rotatable bonds is 12. The van der Waals surface area contributed by atoms with E-state index in [0.717, 1.165) is 48.2 Å². The Balaban J connectivity index is 1.97. The summed E-state index contributed by atoms with van der Waals surface area (Å²) in [5.74, 6) is 0.0860. The van der Waals surface area contributed by atoms with Gasteiger partial charge in [0, 0.05) is 17.6 Å². The summed E-state index contributed by atoms with van der Waals surface area (Å²) in [7, 11) is -0.966. The van der Waals surface area contributed by atoms with Crippen molar-refractivity contribution in [1.82, 2.24) is 10.2 Å². The van der Waals surface area contributed by atoms with Crippen molar-refractivity contribution in [2.24, 2.45) is 0 Å². The molecular weight excluding hydrogens is 542 g/mol. The first-order chi connectivity index (χ1) is 18.6. The Kier molecular flexibility index (Phi) is 10.9. The number of nitrogens with one attached hydrogen (secondary N) is 1. The first kappa shape index (κ1) is 30.6. The van der Waals surface area contributed by atoms with Crippen LogP contribution >= 0.6 is 11.6 Å². The van der Waals surface area contributed by atoms with Gasteiger partial charge >= 0.3 is 0 Å². The van der Waals surface area contributed by atoms with E-state index >= 15 is 0 Å². The van der Waals surface area contributed by atoms with E-state index in [1.807, 2.05) is 13.0 Å². The lowest BCUT2D eigenvalue weighted by molar-refractivity contribution is -0.140. The van der Waals surface area contributed by atoms with E-state index < -0.39 is 28.5 Å². The number of amides is 2. The fourth-order valence-electron chi connectivity index (χ4n) is 4.88. The highest BCUT2D eigenvalue weighted by molar-refractivity contribution is 7.92. The average Bonchev–Trinajstić information content (AvgIpc) is 2.91. The Morgan fingerprint density at radius 3 is 2.41 bits per heavy atom. The van der Waals surface area contributed by atoms with Crippen LogP contribution in [0.25, 0.3) is 0 Å². The minimum Gasteiger partial charge on any atom is -0.497 e. The monoisotopic (exact) mass is 579 g/mol. The van der Waals surface area contributed by atoms with Crippen LogP contribution in [0.5, 0.6) is 11.5 Å². The van der Waals surface area contributed by atoms with Gasteiger partial charge in [0.05, 0.1) is 26.2 Å². The summed E-state index contributed by atoms with van der Waals surface area (Å²) >= 11 is 6.17. The second-order valence-corrected chi connectivity index (χ2v) is 12.1. The second kappa shape index (κ2) is 13.9. The minimum atomic E-state index is -3.93. The van der Waals surface area contributed by atoms with Crippen molar-refractivity contribution in [1.29, 1.82) is 0 Å². The molecular formula is C28H38ClN3O6S. The summed E-state index contributed by atoms with van der Waals surface area (Å²) in [6, 6.07) is 11.0. The van der Waals surface area contributed by atoms with E-state index in [2.05, 4.69) is 5.32 Å². The molecule has 2 aromatic rings. The van der Waals surface area contributed by atoms with Crippen LogP contribution in [0, 0.1) is 0 Å². The molecule has 2 aromatic carbocycles. The molecule has 214 valence electrons. The van der Waals surface area contributed by atoms with E-state index in [9.17, 15) is 18.0 Å². The van der Waals surface area contributed by atoms with Crippen molar-refractivity contribution in [2.45, 2.75) is 64.1 Å². The van der Waals surface area contributed by atoms with Crippen LogP contribution < -0.4 is 19.1 Å². The molecule has 1 saturated carbocycles. The van der Waals surface area contributed by atoms with E-state index in [1.165, 1.54) is 18.1 Å². The lowest BCUT2D eigenvalue weighted by Gasteiger charge is -2.34. The van der Waals surface area contributed by atoms with Gasteiger partial charge in [-0.3, -0.25) is 13.9 Å². The van der Waals surface area contributed by atoms with Crippen LogP contribution in [0.3, 0.4) is 0 Å². The van der Waals surface area contributed by atoms with Gasteiger partial charge in [-0.25, -0.2) is 8.42 Å². The maximum Gasteiger partial charge on any atom is 0.244 e. The Hall–Kier alpha value is -2.98. The first-order valence-electron chi connectivity index (χ1n) is 13.1. The lowest BCUT2D eigenvalue weighted by Crippen LogP contribution is -2.54.